The standard InChI is InChI=1S/C19H20N2O6S/c1-27-14-8-3-2-6-12(14)10-15-17(23)21(19(26)28-15)11-16(22)20-9-5-4-7-13(20)18(24)25/h2-3,6,8,10,13H,4-5,7,9,11H2,1H3,(H,24,25)/b15-10+. The van der Waals surface area contributed by atoms with Crippen LogP contribution in [0.4, 0.5) is 4.79 Å². The first-order valence-electron chi connectivity index (χ1n) is 8.83. The number of rotatable bonds is 5. The Kier molecular flexibility index (Phi) is 6.03. The number of carboxylic acids is 1. The molecule has 2 aliphatic heterocycles. The first-order chi connectivity index (χ1) is 13.4. The van der Waals surface area contributed by atoms with Gasteiger partial charge in [-0.2, -0.15) is 0 Å². The molecule has 148 valence electrons. The van der Waals surface area contributed by atoms with Gasteiger partial charge in [-0.3, -0.25) is 19.3 Å². The molecule has 2 saturated heterocycles. The fourth-order valence-corrected chi connectivity index (χ4v) is 4.11. The van der Waals surface area contributed by atoms with Crippen molar-refractivity contribution in [1.29, 1.82) is 0 Å². The number of carbonyl (C=O) groups excluding carboxylic acids is 3. The second-order valence-corrected chi connectivity index (χ2v) is 7.44. The van der Waals surface area contributed by atoms with E-state index in [1.54, 1.807) is 30.3 Å². The van der Waals surface area contributed by atoms with E-state index < -0.39 is 35.6 Å². The lowest BCUT2D eigenvalue weighted by atomic mass is 10.0. The average Bonchev–Trinajstić information content (AvgIpc) is 2.95. The predicted molar refractivity (Wildman–Crippen MR) is 103 cm³/mol. The first-order valence-corrected chi connectivity index (χ1v) is 9.64. The van der Waals surface area contributed by atoms with Crippen molar-refractivity contribution < 1.29 is 29.0 Å². The van der Waals surface area contributed by atoms with Crippen molar-refractivity contribution in [2.24, 2.45) is 0 Å². The second kappa shape index (κ2) is 8.47. The summed E-state index contributed by atoms with van der Waals surface area (Å²) < 4.78 is 5.24. The highest BCUT2D eigenvalue weighted by atomic mass is 32.2. The number of aliphatic carboxylic acids is 1. The Hall–Kier alpha value is -2.81. The van der Waals surface area contributed by atoms with Gasteiger partial charge in [0.05, 0.1) is 12.0 Å². The molecular weight excluding hydrogens is 384 g/mol. The zero-order valence-corrected chi connectivity index (χ0v) is 16.1. The Morgan fingerprint density at radius 2 is 2.04 bits per heavy atom. The Labute approximate surface area is 166 Å². The first kappa shape index (κ1) is 19.9. The van der Waals surface area contributed by atoms with Crippen LogP contribution in [0.15, 0.2) is 29.2 Å². The normalized spacial score (nSPS) is 21.3. The molecule has 0 aliphatic carbocycles. The summed E-state index contributed by atoms with van der Waals surface area (Å²) >= 11 is 0.747. The third-order valence-electron chi connectivity index (χ3n) is 4.70. The number of thioether (sulfide) groups is 1. The number of methoxy groups -OCH3 is 1. The third-order valence-corrected chi connectivity index (χ3v) is 5.61. The lowest BCUT2D eigenvalue weighted by Crippen LogP contribution is -2.51. The van der Waals surface area contributed by atoms with Crippen LogP contribution < -0.4 is 4.74 Å². The number of para-hydroxylation sites is 1. The van der Waals surface area contributed by atoms with Crippen LogP contribution in [0.1, 0.15) is 24.8 Å². The molecule has 1 atom stereocenters. The van der Waals surface area contributed by atoms with E-state index in [2.05, 4.69) is 0 Å². The maximum atomic E-state index is 12.6. The molecule has 0 bridgehead atoms. The zero-order valence-electron chi connectivity index (χ0n) is 15.3. The Morgan fingerprint density at radius 1 is 1.29 bits per heavy atom. The maximum Gasteiger partial charge on any atom is 0.326 e. The zero-order chi connectivity index (χ0) is 20.3. The molecule has 8 nitrogen and oxygen atoms in total. The fraction of sp³-hybridized carbons (Fsp3) is 0.368. The van der Waals surface area contributed by atoms with E-state index in [9.17, 15) is 24.3 Å². The molecule has 3 rings (SSSR count). The molecule has 1 aromatic rings. The summed E-state index contributed by atoms with van der Waals surface area (Å²) in [6.45, 7) is -0.152. The Balaban J connectivity index is 1.76. The summed E-state index contributed by atoms with van der Waals surface area (Å²) in [7, 11) is 1.51. The van der Waals surface area contributed by atoms with Crippen molar-refractivity contribution in [3.05, 3.63) is 34.7 Å². The minimum Gasteiger partial charge on any atom is -0.496 e. The smallest absolute Gasteiger partial charge is 0.326 e. The van der Waals surface area contributed by atoms with E-state index in [-0.39, 0.29) is 4.91 Å². The molecule has 3 amide bonds. The Morgan fingerprint density at radius 3 is 2.75 bits per heavy atom. The van der Waals surface area contributed by atoms with Crippen LogP contribution >= 0.6 is 11.8 Å². The summed E-state index contributed by atoms with van der Waals surface area (Å²) in [5.74, 6) is -1.62. The minimum absolute atomic E-state index is 0.190. The molecule has 9 heteroatoms. The Bertz CT molecular complexity index is 853. The number of nitrogens with zero attached hydrogens (tertiary/aromatic N) is 2. The topological polar surface area (TPSA) is 104 Å². The van der Waals surface area contributed by atoms with Crippen LogP contribution in [0.25, 0.3) is 6.08 Å². The predicted octanol–water partition coefficient (Wildman–Crippen LogP) is 2.20. The summed E-state index contributed by atoms with van der Waals surface area (Å²) in [5.41, 5.74) is 0.642. The van der Waals surface area contributed by atoms with Gasteiger partial charge in [-0.05, 0) is 43.2 Å². The summed E-state index contributed by atoms with van der Waals surface area (Å²) in [4.78, 5) is 51.2. The van der Waals surface area contributed by atoms with Crippen LogP contribution in [0.5, 0.6) is 5.75 Å². The molecule has 1 unspecified atom stereocenters. The van der Waals surface area contributed by atoms with Crippen molar-refractivity contribution in [2.45, 2.75) is 25.3 Å². The summed E-state index contributed by atoms with van der Waals surface area (Å²) in [6.07, 6.45) is 3.35. The van der Waals surface area contributed by atoms with Gasteiger partial charge in [0.2, 0.25) is 5.91 Å². The third kappa shape index (κ3) is 4.04. The highest BCUT2D eigenvalue weighted by molar-refractivity contribution is 8.18. The minimum atomic E-state index is -1.07. The van der Waals surface area contributed by atoms with Gasteiger partial charge in [0, 0.05) is 12.1 Å². The number of amides is 3. The monoisotopic (exact) mass is 404 g/mol. The molecule has 1 N–H and O–H groups in total. The van der Waals surface area contributed by atoms with E-state index in [1.807, 2.05) is 0 Å². The van der Waals surface area contributed by atoms with E-state index in [1.165, 1.54) is 12.0 Å². The number of likely N-dealkylation sites (tertiary alicyclic amines) is 1. The maximum absolute atomic E-state index is 12.6. The van der Waals surface area contributed by atoms with Crippen LogP contribution in [0.2, 0.25) is 0 Å². The number of ether oxygens (including phenoxy) is 1. The number of carbonyl (C=O) groups is 4. The van der Waals surface area contributed by atoms with E-state index in [0.717, 1.165) is 23.1 Å². The molecule has 1 aromatic carbocycles. The molecule has 2 aliphatic rings. The van der Waals surface area contributed by atoms with Crippen molar-refractivity contribution >= 4 is 40.9 Å². The lowest BCUT2D eigenvalue weighted by Gasteiger charge is -2.33. The SMILES string of the molecule is COc1ccccc1/C=C1/SC(=O)N(CC(=O)N2CCCCC2C(=O)O)C1=O. The van der Waals surface area contributed by atoms with Crippen LogP contribution in [-0.2, 0) is 14.4 Å². The highest BCUT2D eigenvalue weighted by Gasteiger charge is 2.39. The van der Waals surface area contributed by atoms with Gasteiger partial charge in [0.25, 0.3) is 11.1 Å². The molecular formula is C19H20N2O6S. The van der Waals surface area contributed by atoms with Gasteiger partial charge in [0.1, 0.15) is 18.3 Å². The summed E-state index contributed by atoms with van der Waals surface area (Å²) in [6, 6.07) is 6.15. The van der Waals surface area contributed by atoms with E-state index in [0.29, 0.717) is 30.7 Å². The number of benzene rings is 1. The van der Waals surface area contributed by atoms with Gasteiger partial charge in [-0.15, -0.1) is 0 Å². The van der Waals surface area contributed by atoms with Gasteiger partial charge >= 0.3 is 5.97 Å². The van der Waals surface area contributed by atoms with E-state index >= 15 is 0 Å². The number of carboxylic acid groups (broad SMARTS) is 1. The molecule has 0 aromatic heterocycles. The van der Waals surface area contributed by atoms with Crippen molar-refractivity contribution in [3.8, 4) is 5.75 Å². The van der Waals surface area contributed by atoms with Crippen LogP contribution in [0, 0.1) is 0 Å². The largest absolute Gasteiger partial charge is 0.496 e. The van der Waals surface area contributed by atoms with Crippen LogP contribution in [0.3, 0.4) is 0 Å². The van der Waals surface area contributed by atoms with E-state index in [4.69, 9.17) is 4.74 Å². The molecule has 0 radical (unpaired) electrons. The average molecular weight is 404 g/mol. The molecule has 2 fully saturated rings. The van der Waals surface area contributed by atoms with Gasteiger partial charge in [-0.25, -0.2) is 4.79 Å². The second-order valence-electron chi connectivity index (χ2n) is 6.45. The quantitative estimate of drug-likeness (QED) is 0.750. The van der Waals surface area contributed by atoms with Gasteiger partial charge < -0.3 is 14.7 Å². The van der Waals surface area contributed by atoms with Crippen molar-refractivity contribution in [2.75, 3.05) is 20.2 Å². The number of piperidine rings is 1. The van der Waals surface area contributed by atoms with Gasteiger partial charge in [-0.1, -0.05) is 18.2 Å². The lowest BCUT2D eigenvalue weighted by molar-refractivity contribution is -0.152. The number of hydrogen-bond donors (Lipinski definition) is 1. The molecule has 0 saturated carbocycles. The highest BCUT2D eigenvalue weighted by Crippen LogP contribution is 2.34. The number of imide groups is 1. The van der Waals surface area contributed by atoms with Crippen molar-refractivity contribution in [1.82, 2.24) is 9.80 Å². The number of hydrogen-bond acceptors (Lipinski definition) is 6. The van der Waals surface area contributed by atoms with Gasteiger partial charge in [0.15, 0.2) is 0 Å². The van der Waals surface area contributed by atoms with Crippen LogP contribution in [-0.4, -0.2) is 64.2 Å². The van der Waals surface area contributed by atoms with Crippen molar-refractivity contribution in [3.63, 3.8) is 0 Å². The fourth-order valence-electron chi connectivity index (χ4n) is 3.28. The molecule has 28 heavy (non-hydrogen) atoms. The molecule has 0 spiro atoms. The molecule has 2 heterocycles. The summed E-state index contributed by atoms with van der Waals surface area (Å²) in [5, 5.41) is 8.76.